The number of morpholine rings is 1. The molecule has 0 unspecified atom stereocenters. The van der Waals surface area contributed by atoms with Gasteiger partial charge in [0.1, 0.15) is 0 Å². The molecule has 0 atom stereocenters. The molecule has 0 bridgehead atoms. The monoisotopic (exact) mass is 311 g/mol. The molecule has 21 heavy (non-hydrogen) atoms. The zero-order valence-electron chi connectivity index (χ0n) is 12.7. The quantitative estimate of drug-likeness (QED) is 0.774. The lowest BCUT2D eigenvalue weighted by Gasteiger charge is -2.29. The standard InChI is InChI=1S/C15H21NO4S/c1-17-12-8-11(9-13(18-2)15(12)19-3)10-14(21)16-4-6-20-7-5-16/h8-9H,4-7,10H2,1-3H3. The second kappa shape index (κ2) is 7.47. The topological polar surface area (TPSA) is 40.2 Å². The largest absolute Gasteiger partial charge is 0.493 e. The lowest BCUT2D eigenvalue weighted by molar-refractivity contribution is 0.0684. The minimum Gasteiger partial charge on any atom is -0.493 e. The molecule has 1 aliphatic rings. The SMILES string of the molecule is COc1cc(CC(=S)N2CCOCC2)cc(OC)c1OC. The molecule has 6 heteroatoms. The number of ether oxygens (including phenoxy) is 4. The summed E-state index contributed by atoms with van der Waals surface area (Å²) >= 11 is 5.53. The maximum Gasteiger partial charge on any atom is 0.203 e. The normalized spacial score (nSPS) is 14.7. The lowest BCUT2D eigenvalue weighted by atomic mass is 10.1. The second-order valence-corrected chi connectivity index (χ2v) is 5.17. The lowest BCUT2D eigenvalue weighted by Crippen LogP contribution is -2.40. The van der Waals surface area contributed by atoms with Crippen LogP contribution >= 0.6 is 12.2 Å². The van der Waals surface area contributed by atoms with E-state index in [4.69, 9.17) is 31.2 Å². The van der Waals surface area contributed by atoms with Crippen LogP contribution < -0.4 is 14.2 Å². The number of hydrogen-bond acceptors (Lipinski definition) is 5. The van der Waals surface area contributed by atoms with E-state index in [2.05, 4.69) is 4.90 Å². The molecule has 1 saturated heterocycles. The number of methoxy groups -OCH3 is 3. The Morgan fingerprint density at radius 3 is 2.14 bits per heavy atom. The molecule has 1 heterocycles. The van der Waals surface area contributed by atoms with E-state index in [0.717, 1.165) is 36.9 Å². The van der Waals surface area contributed by atoms with Crippen LogP contribution in [0.1, 0.15) is 5.56 Å². The van der Waals surface area contributed by atoms with Crippen LogP contribution in [0, 0.1) is 0 Å². The van der Waals surface area contributed by atoms with Crippen LogP contribution in [0.4, 0.5) is 0 Å². The van der Waals surface area contributed by atoms with E-state index in [9.17, 15) is 0 Å². The number of hydrogen-bond donors (Lipinski definition) is 0. The van der Waals surface area contributed by atoms with Gasteiger partial charge in [0, 0.05) is 19.5 Å². The van der Waals surface area contributed by atoms with Crippen molar-refractivity contribution in [1.29, 1.82) is 0 Å². The minimum absolute atomic E-state index is 0.598. The van der Waals surface area contributed by atoms with Crippen LogP contribution in [0.25, 0.3) is 0 Å². The first kappa shape index (κ1) is 15.9. The minimum atomic E-state index is 0.598. The van der Waals surface area contributed by atoms with Crippen molar-refractivity contribution in [3.05, 3.63) is 17.7 Å². The molecule has 116 valence electrons. The fourth-order valence-electron chi connectivity index (χ4n) is 2.34. The Bertz CT molecular complexity index is 475. The Labute approximate surface area is 130 Å². The van der Waals surface area contributed by atoms with E-state index in [1.54, 1.807) is 21.3 Å². The number of benzene rings is 1. The van der Waals surface area contributed by atoms with E-state index in [0.29, 0.717) is 23.7 Å². The number of rotatable bonds is 5. The van der Waals surface area contributed by atoms with Crippen molar-refractivity contribution in [1.82, 2.24) is 4.90 Å². The number of nitrogens with zero attached hydrogens (tertiary/aromatic N) is 1. The van der Waals surface area contributed by atoms with Crippen LogP contribution in [0.3, 0.4) is 0 Å². The summed E-state index contributed by atoms with van der Waals surface area (Å²) in [6, 6.07) is 3.88. The smallest absolute Gasteiger partial charge is 0.203 e. The van der Waals surface area contributed by atoms with E-state index >= 15 is 0 Å². The average Bonchev–Trinajstić information content (AvgIpc) is 2.54. The van der Waals surface area contributed by atoms with E-state index in [1.165, 1.54) is 0 Å². The van der Waals surface area contributed by atoms with E-state index in [1.807, 2.05) is 12.1 Å². The summed E-state index contributed by atoms with van der Waals surface area (Å²) in [5, 5.41) is 0. The molecular formula is C15H21NO4S. The summed E-state index contributed by atoms with van der Waals surface area (Å²) in [5.74, 6) is 1.90. The van der Waals surface area contributed by atoms with Gasteiger partial charge in [0.05, 0.1) is 39.5 Å². The summed E-state index contributed by atoms with van der Waals surface area (Å²) in [7, 11) is 4.82. The van der Waals surface area contributed by atoms with Crippen molar-refractivity contribution in [3.8, 4) is 17.2 Å². The van der Waals surface area contributed by atoms with Crippen molar-refractivity contribution in [2.45, 2.75) is 6.42 Å². The van der Waals surface area contributed by atoms with E-state index in [-0.39, 0.29) is 0 Å². The van der Waals surface area contributed by atoms with Crippen molar-refractivity contribution in [3.63, 3.8) is 0 Å². The summed E-state index contributed by atoms with van der Waals surface area (Å²) in [6.07, 6.45) is 0.673. The van der Waals surface area contributed by atoms with Gasteiger partial charge in [0.25, 0.3) is 0 Å². The third-order valence-electron chi connectivity index (χ3n) is 3.44. The van der Waals surface area contributed by atoms with Gasteiger partial charge in [0.15, 0.2) is 11.5 Å². The third kappa shape index (κ3) is 3.77. The molecule has 0 N–H and O–H groups in total. The molecule has 2 rings (SSSR count). The highest BCUT2D eigenvalue weighted by Crippen LogP contribution is 2.38. The first-order valence-corrected chi connectivity index (χ1v) is 7.24. The first-order chi connectivity index (χ1) is 10.2. The Balaban J connectivity index is 2.17. The zero-order valence-corrected chi connectivity index (χ0v) is 13.5. The molecule has 0 saturated carbocycles. The van der Waals surface area contributed by atoms with Crippen molar-refractivity contribution < 1.29 is 18.9 Å². The molecule has 0 radical (unpaired) electrons. The van der Waals surface area contributed by atoms with Gasteiger partial charge in [0.2, 0.25) is 5.75 Å². The first-order valence-electron chi connectivity index (χ1n) is 6.84. The Morgan fingerprint density at radius 1 is 1.10 bits per heavy atom. The van der Waals surface area contributed by atoms with Gasteiger partial charge in [-0.05, 0) is 17.7 Å². The molecule has 0 spiro atoms. The maximum atomic E-state index is 5.53. The second-order valence-electron chi connectivity index (χ2n) is 4.70. The molecular weight excluding hydrogens is 290 g/mol. The van der Waals surface area contributed by atoms with Crippen molar-refractivity contribution in [2.75, 3.05) is 47.6 Å². The van der Waals surface area contributed by atoms with Crippen LogP contribution in [0.2, 0.25) is 0 Å². The summed E-state index contributed by atoms with van der Waals surface area (Å²) < 4.78 is 21.4. The highest BCUT2D eigenvalue weighted by molar-refractivity contribution is 7.80. The van der Waals surface area contributed by atoms with Gasteiger partial charge < -0.3 is 23.8 Å². The third-order valence-corrected chi connectivity index (χ3v) is 3.85. The fraction of sp³-hybridized carbons (Fsp3) is 0.533. The molecule has 0 amide bonds. The van der Waals surface area contributed by atoms with Gasteiger partial charge in [-0.2, -0.15) is 0 Å². The van der Waals surface area contributed by atoms with Crippen molar-refractivity contribution in [2.24, 2.45) is 0 Å². The van der Waals surface area contributed by atoms with Crippen molar-refractivity contribution >= 4 is 17.2 Å². The predicted octanol–water partition coefficient (Wildman–Crippen LogP) is 1.91. The maximum absolute atomic E-state index is 5.53. The van der Waals surface area contributed by atoms with Crippen LogP contribution in [0.5, 0.6) is 17.2 Å². The zero-order chi connectivity index (χ0) is 15.2. The Kier molecular flexibility index (Phi) is 5.64. The van der Waals surface area contributed by atoms with Gasteiger partial charge in [-0.25, -0.2) is 0 Å². The average molecular weight is 311 g/mol. The highest BCUT2D eigenvalue weighted by Gasteiger charge is 2.17. The van der Waals surface area contributed by atoms with Gasteiger partial charge in [-0.15, -0.1) is 0 Å². The predicted molar refractivity (Wildman–Crippen MR) is 84.8 cm³/mol. The molecule has 1 aromatic carbocycles. The Morgan fingerprint density at radius 2 is 1.67 bits per heavy atom. The Hall–Kier alpha value is -1.53. The van der Waals surface area contributed by atoms with Crippen LogP contribution in [-0.2, 0) is 11.2 Å². The number of thiocarbonyl (C=S) groups is 1. The summed E-state index contributed by atoms with van der Waals surface area (Å²) in [4.78, 5) is 3.09. The molecule has 1 aliphatic heterocycles. The molecule has 0 aliphatic carbocycles. The highest BCUT2D eigenvalue weighted by atomic mass is 32.1. The van der Waals surface area contributed by atoms with Gasteiger partial charge in [-0.3, -0.25) is 0 Å². The summed E-state index contributed by atoms with van der Waals surface area (Å²) in [6.45, 7) is 3.16. The molecule has 0 aromatic heterocycles. The van der Waals surface area contributed by atoms with Crippen LogP contribution in [-0.4, -0.2) is 57.5 Å². The molecule has 1 fully saturated rings. The van der Waals surface area contributed by atoms with Crippen LogP contribution in [0.15, 0.2) is 12.1 Å². The van der Waals surface area contributed by atoms with Gasteiger partial charge in [-0.1, -0.05) is 12.2 Å². The molecule has 1 aromatic rings. The molecule has 5 nitrogen and oxygen atoms in total. The summed E-state index contributed by atoms with van der Waals surface area (Å²) in [5.41, 5.74) is 1.04. The fourth-order valence-corrected chi connectivity index (χ4v) is 2.69. The van der Waals surface area contributed by atoms with E-state index < -0.39 is 0 Å². The van der Waals surface area contributed by atoms with Gasteiger partial charge >= 0.3 is 0 Å².